The number of hydrogen-bond acceptors (Lipinski definition) is 6. The van der Waals surface area contributed by atoms with Crippen LogP contribution in [0.4, 0.5) is 0 Å². The zero-order valence-electron chi connectivity index (χ0n) is 14.8. The van der Waals surface area contributed by atoms with Crippen LogP contribution in [0.2, 0.25) is 0 Å². The number of phenolic OH excluding ortho intramolecular Hbond substituents is 1. The standard InChI is InChI=1S/C19H22N2O5/c1-3-24-16-7-5-6-8-17(16)26-13-19(23)21-20-12-14-9-10-15(22)18(11-14)25-4-2/h5-12,22H,3-4,13H2,1-2H3,(H,21,23)/b20-12+. The van der Waals surface area contributed by atoms with Gasteiger partial charge in [0.15, 0.2) is 29.6 Å². The summed E-state index contributed by atoms with van der Waals surface area (Å²) >= 11 is 0. The molecule has 0 aliphatic rings. The van der Waals surface area contributed by atoms with Crippen LogP contribution in [0.25, 0.3) is 0 Å². The molecule has 0 aliphatic carbocycles. The number of aromatic hydroxyl groups is 1. The molecule has 2 rings (SSSR count). The molecule has 0 spiro atoms. The molecule has 0 aromatic heterocycles. The third-order valence-electron chi connectivity index (χ3n) is 3.19. The number of ether oxygens (including phenoxy) is 3. The number of benzene rings is 2. The molecule has 0 unspecified atom stereocenters. The lowest BCUT2D eigenvalue weighted by molar-refractivity contribution is -0.123. The molecule has 1 amide bonds. The van der Waals surface area contributed by atoms with Gasteiger partial charge in [-0.2, -0.15) is 5.10 Å². The Morgan fingerprint density at radius 3 is 2.38 bits per heavy atom. The van der Waals surface area contributed by atoms with E-state index in [1.54, 1.807) is 30.3 Å². The predicted octanol–water partition coefficient (Wildman–Crippen LogP) is 2.72. The molecule has 0 heterocycles. The molecule has 0 atom stereocenters. The summed E-state index contributed by atoms with van der Waals surface area (Å²) in [5, 5.41) is 13.5. The van der Waals surface area contributed by atoms with E-state index >= 15 is 0 Å². The highest BCUT2D eigenvalue weighted by atomic mass is 16.5. The minimum atomic E-state index is -0.406. The second kappa shape index (κ2) is 9.93. The quantitative estimate of drug-likeness (QED) is 0.531. The first-order valence-electron chi connectivity index (χ1n) is 8.26. The predicted molar refractivity (Wildman–Crippen MR) is 98.1 cm³/mol. The van der Waals surface area contributed by atoms with Gasteiger partial charge >= 0.3 is 0 Å². The van der Waals surface area contributed by atoms with Crippen LogP contribution < -0.4 is 19.6 Å². The molecule has 7 nitrogen and oxygen atoms in total. The fraction of sp³-hybridized carbons (Fsp3) is 0.263. The third kappa shape index (κ3) is 5.70. The summed E-state index contributed by atoms with van der Waals surface area (Å²) in [6, 6.07) is 11.9. The molecule has 138 valence electrons. The van der Waals surface area contributed by atoms with Crippen molar-refractivity contribution in [3.8, 4) is 23.0 Å². The monoisotopic (exact) mass is 358 g/mol. The van der Waals surface area contributed by atoms with E-state index in [1.807, 2.05) is 19.9 Å². The van der Waals surface area contributed by atoms with Gasteiger partial charge in [-0.1, -0.05) is 12.1 Å². The Morgan fingerprint density at radius 2 is 1.69 bits per heavy atom. The van der Waals surface area contributed by atoms with E-state index in [0.29, 0.717) is 36.0 Å². The van der Waals surface area contributed by atoms with Crippen LogP contribution in [0.1, 0.15) is 19.4 Å². The van der Waals surface area contributed by atoms with E-state index in [0.717, 1.165) is 0 Å². The van der Waals surface area contributed by atoms with Gasteiger partial charge in [-0.25, -0.2) is 5.43 Å². The van der Waals surface area contributed by atoms with Crippen LogP contribution in [-0.2, 0) is 4.79 Å². The van der Waals surface area contributed by atoms with Crippen molar-refractivity contribution in [1.29, 1.82) is 0 Å². The largest absolute Gasteiger partial charge is 0.504 e. The summed E-state index contributed by atoms with van der Waals surface area (Å²) in [5.74, 6) is 1.08. The van der Waals surface area contributed by atoms with E-state index in [-0.39, 0.29) is 12.4 Å². The number of rotatable bonds is 9. The van der Waals surface area contributed by atoms with E-state index < -0.39 is 5.91 Å². The molecule has 2 aromatic rings. The number of nitrogens with zero attached hydrogens (tertiary/aromatic N) is 1. The highest BCUT2D eigenvalue weighted by Crippen LogP contribution is 2.26. The molecule has 7 heteroatoms. The lowest BCUT2D eigenvalue weighted by Gasteiger charge is -2.10. The number of para-hydroxylation sites is 2. The third-order valence-corrected chi connectivity index (χ3v) is 3.19. The van der Waals surface area contributed by atoms with Gasteiger partial charge in [0.1, 0.15) is 0 Å². The maximum atomic E-state index is 11.8. The van der Waals surface area contributed by atoms with Crippen LogP contribution in [0.15, 0.2) is 47.6 Å². The fourth-order valence-corrected chi connectivity index (χ4v) is 2.08. The van der Waals surface area contributed by atoms with Gasteiger partial charge in [0.25, 0.3) is 5.91 Å². The maximum Gasteiger partial charge on any atom is 0.277 e. The summed E-state index contributed by atoms with van der Waals surface area (Å²) in [4.78, 5) is 11.8. The molecular weight excluding hydrogens is 336 g/mol. The van der Waals surface area contributed by atoms with Crippen LogP contribution in [0, 0.1) is 0 Å². The molecule has 0 fully saturated rings. The number of amides is 1. The normalized spacial score (nSPS) is 10.5. The number of phenols is 1. The first-order valence-corrected chi connectivity index (χ1v) is 8.26. The first kappa shape index (κ1) is 19.1. The van der Waals surface area contributed by atoms with Crippen molar-refractivity contribution >= 4 is 12.1 Å². The van der Waals surface area contributed by atoms with Crippen LogP contribution >= 0.6 is 0 Å². The van der Waals surface area contributed by atoms with E-state index in [1.165, 1.54) is 12.3 Å². The van der Waals surface area contributed by atoms with Gasteiger partial charge in [-0.05, 0) is 49.7 Å². The van der Waals surface area contributed by atoms with Crippen LogP contribution in [-0.4, -0.2) is 37.0 Å². The Balaban J connectivity index is 1.87. The average molecular weight is 358 g/mol. The summed E-state index contributed by atoms with van der Waals surface area (Å²) in [6.45, 7) is 4.45. The van der Waals surface area contributed by atoms with Gasteiger partial charge in [0.05, 0.1) is 19.4 Å². The molecule has 2 aromatic carbocycles. The van der Waals surface area contributed by atoms with Gasteiger partial charge in [-0.3, -0.25) is 4.79 Å². The Hall–Kier alpha value is -3.22. The number of carbonyl (C=O) groups is 1. The molecular formula is C19H22N2O5. The van der Waals surface area contributed by atoms with Crippen molar-refractivity contribution in [2.45, 2.75) is 13.8 Å². The van der Waals surface area contributed by atoms with Gasteiger partial charge < -0.3 is 19.3 Å². The summed E-state index contributed by atoms with van der Waals surface area (Å²) in [6.07, 6.45) is 1.45. The molecule has 2 N–H and O–H groups in total. The Bertz CT molecular complexity index is 761. The maximum absolute atomic E-state index is 11.8. The van der Waals surface area contributed by atoms with Crippen molar-refractivity contribution in [1.82, 2.24) is 5.43 Å². The molecule has 0 saturated carbocycles. The molecule has 0 aliphatic heterocycles. The number of hydrazone groups is 1. The molecule has 0 saturated heterocycles. The fourth-order valence-electron chi connectivity index (χ4n) is 2.08. The molecule has 26 heavy (non-hydrogen) atoms. The zero-order valence-corrected chi connectivity index (χ0v) is 14.8. The highest BCUT2D eigenvalue weighted by Gasteiger charge is 2.07. The summed E-state index contributed by atoms with van der Waals surface area (Å²) in [5.41, 5.74) is 3.06. The van der Waals surface area contributed by atoms with E-state index in [2.05, 4.69) is 10.5 Å². The summed E-state index contributed by atoms with van der Waals surface area (Å²) in [7, 11) is 0. The molecule has 0 radical (unpaired) electrons. The smallest absolute Gasteiger partial charge is 0.277 e. The lowest BCUT2D eigenvalue weighted by Crippen LogP contribution is -2.24. The Morgan fingerprint density at radius 1 is 1.04 bits per heavy atom. The van der Waals surface area contributed by atoms with E-state index in [4.69, 9.17) is 14.2 Å². The van der Waals surface area contributed by atoms with Crippen molar-refractivity contribution in [3.63, 3.8) is 0 Å². The van der Waals surface area contributed by atoms with Gasteiger partial charge in [0, 0.05) is 0 Å². The second-order valence-corrected chi connectivity index (χ2v) is 5.12. The van der Waals surface area contributed by atoms with Crippen LogP contribution in [0.5, 0.6) is 23.0 Å². The minimum Gasteiger partial charge on any atom is -0.504 e. The number of carbonyl (C=O) groups excluding carboxylic acids is 1. The lowest BCUT2D eigenvalue weighted by atomic mass is 10.2. The minimum absolute atomic E-state index is 0.0504. The number of hydrogen-bond donors (Lipinski definition) is 2. The first-order chi connectivity index (χ1) is 12.6. The average Bonchev–Trinajstić information content (AvgIpc) is 2.64. The van der Waals surface area contributed by atoms with Crippen molar-refractivity contribution in [3.05, 3.63) is 48.0 Å². The van der Waals surface area contributed by atoms with Crippen molar-refractivity contribution in [2.75, 3.05) is 19.8 Å². The zero-order chi connectivity index (χ0) is 18.8. The van der Waals surface area contributed by atoms with Crippen LogP contribution in [0.3, 0.4) is 0 Å². The highest BCUT2D eigenvalue weighted by molar-refractivity contribution is 5.83. The van der Waals surface area contributed by atoms with Gasteiger partial charge in [-0.15, -0.1) is 0 Å². The van der Waals surface area contributed by atoms with Crippen molar-refractivity contribution in [2.24, 2.45) is 5.10 Å². The second-order valence-electron chi connectivity index (χ2n) is 5.12. The topological polar surface area (TPSA) is 89.4 Å². The Labute approximate surface area is 152 Å². The SMILES string of the molecule is CCOc1cc(/C=N/NC(=O)COc2ccccc2OCC)ccc1O. The summed E-state index contributed by atoms with van der Waals surface area (Å²) < 4.78 is 16.2. The Kier molecular flexibility index (Phi) is 7.30. The number of nitrogens with one attached hydrogen (secondary N) is 1. The van der Waals surface area contributed by atoms with Crippen molar-refractivity contribution < 1.29 is 24.1 Å². The molecule has 0 bridgehead atoms. The van der Waals surface area contributed by atoms with Gasteiger partial charge in [0.2, 0.25) is 0 Å². The van der Waals surface area contributed by atoms with E-state index in [9.17, 15) is 9.90 Å².